The van der Waals surface area contributed by atoms with Crippen molar-refractivity contribution in [2.45, 2.75) is 45.7 Å². The second-order valence-corrected chi connectivity index (χ2v) is 11.1. The number of nitrogens with two attached hydrogens (primary N) is 1. The van der Waals surface area contributed by atoms with Gasteiger partial charge in [-0.05, 0) is 57.4 Å². The number of rotatable bonds is 8. The Morgan fingerprint density at radius 2 is 2.00 bits per heavy atom. The SMILES string of the molecule is Cc1cc(C(C)Nc2ccc(Cl)nc2C(=O)NS(C)=O)c2oc(/C(C=NC3CCOCC3)=C/N)c(C)c(=O)c2c1. The number of fused-ring (bicyclic) bond motifs is 1. The zero-order chi connectivity index (χ0) is 29.0. The number of hydrogen-bond donors (Lipinski definition) is 3. The molecule has 212 valence electrons. The van der Waals surface area contributed by atoms with Gasteiger partial charge in [0.05, 0.1) is 28.7 Å². The molecule has 1 amide bonds. The Morgan fingerprint density at radius 1 is 1.27 bits per heavy atom. The number of aromatic nitrogens is 1. The number of ether oxygens (including phenoxy) is 1. The molecule has 0 saturated carbocycles. The number of amides is 1. The first kappa shape index (κ1) is 29.4. The molecule has 4 N–H and O–H groups in total. The molecule has 40 heavy (non-hydrogen) atoms. The molecule has 3 heterocycles. The molecule has 0 bridgehead atoms. The molecule has 1 aliphatic rings. The zero-order valence-corrected chi connectivity index (χ0v) is 24.3. The summed E-state index contributed by atoms with van der Waals surface area (Å²) in [5.41, 5.74) is 9.01. The van der Waals surface area contributed by atoms with E-state index in [2.05, 4.69) is 20.0 Å². The molecule has 1 aliphatic heterocycles. The van der Waals surface area contributed by atoms with Crippen LogP contribution in [0.3, 0.4) is 0 Å². The highest BCUT2D eigenvalue weighted by Gasteiger charge is 2.22. The largest absolute Gasteiger partial charge is 0.455 e. The molecule has 2 aromatic heterocycles. The second kappa shape index (κ2) is 12.8. The Morgan fingerprint density at radius 3 is 2.67 bits per heavy atom. The maximum Gasteiger partial charge on any atom is 0.283 e. The molecular weight excluding hydrogens is 554 g/mol. The fourth-order valence-corrected chi connectivity index (χ4v) is 5.08. The molecule has 1 fully saturated rings. The Balaban J connectivity index is 1.77. The zero-order valence-electron chi connectivity index (χ0n) is 22.7. The van der Waals surface area contributed by atoms with Crippen molar-refractivity contribution in [1.82, 2.24) is 9.71 Å². The molecule has 1 saturated heterocycles. The molecule has 10 nitrogen and oxygen atoms in total. The van der Waals surface area contributed by atoms with E-state index >= 15 is 0 Å². The van der Waals surface area contributed by atoms with E-state index in [1.54, 1.807) is 31.3 Å². The number of aryl methyl sites for hydroxylation is 1. The van der Waals surface area contributed by atoms with Gasteiger partial charge in [0.15, 0.2) is 11.1 Å². The quantitative estimate of drug-likeness (QED) is 0.263. The highest BCUT2D eigenvalue weighted by atomic mass is 35.5. The van der Waals surface area contributed by atoms with Crippen LogP contribution in [0.5, 0.6) is 0 Å². The molecule has 3 aromatic rings. The van der Waals surface area contributed by atoms with Gasteiger partial charge >= 0.3 is 0 Å². The van der Waals surface area contributed by atoms with Gasteiger partial charge in [-0.3, -0.25) is 19.3 Å². The van der Waals surface area contributed by atoms with E-state index in [9.17, 15) is 13.8 Å². The molecule has 2 atom stereocenters. The van der Waals surface area contributed by atoms with Crippen LogP contribution < -0.4 is 21.2 Å². The van der Waals surface area contributed by atoms with E-state index in [4.69, 9.17) is 26.5 Å². The highest BCUT2D eigenvalue weighted by molar-refractivity contribution is 7.82. The van der Waals surface area contributed by atoms with Crippen molar-refractivity contribution in [3.63, 3.8) is 0 Å². The number of nitrogens with one attached hydrogen (secondary N) is 2. The van der Waals surface area contributed by atoms with Crippen LogP contribution >= 0.6 is 11.6 Å². The number of carbonyl (C=O) groups is 1. The van der Waals surface area contributed by atoms with Crippen LogP contribution in [0.2, 0.25) is 5.15 Å². The Hall–Kier alpha value is -3.54. The number of benzene rings is 1. The van der Waals surface area contributed by atoms with Crippen LogP contribution in [0.4, 0.5) is 5.69 Å². The number of aliphatic imine (C=N–C) groups is 1. The number of nitrogens with zero attached hydrogens (tertiary/aromatic N) is 2. The minimum Gasteiger partial charge on any atom is -0.455 e. The third kappa shape index (κ3) is 6.60. The van der Waals surface area contributed by atoms with E-state index < -0.39 is 22.9 Å². The number of anilines is 1. The number of carbonyl (C=O) groups excluding carboxylic acids is 1. The van der Waals surface area contributed by atoms with Gasteiger partial charge in [0.1, 0.15) is 27.5 Å². The molecule has 0 spiro atoms. The van der Waals surface area contributed by atoms with Crippen molar-refractivity contribution in [3.8, 4) is 0 Å². The van der Waals surface area contributed by atoms with Crippen molar-refractivity contribution in [2.75, 3.05) is 24.8 Å². The van der Waals surface area contributed by atoms with Gasteiger partial charge in [-0.1, -0.05) is 17.7 Å². The average molecular weight is 586 g/mol. The molecule has 4 rings (SSSR count). The lowest BCUT2D eigenvalue weighted by atomic mass is 9.99. The minimum atomic E-state index is -1.59. The van der Waals surface area contributed by atoms with E-state index in [0.29, 0.717) is 52.3 Å². The summed E-state index contributed by atoms with van der Waals surface area (Å²) in [6.45, 7) is 6.78. The summed E-state index contributed by atoms with van der Waals surface area (Å²) in [5, 5.41) is 3.81. The van der Waals surface area contributed by atoms with E-state index in [-0.39, 0.29) is 22.3 Å². The Bertz CT molecular complexity index is 1580. The first-order valence-corrected chi connectivity index (χ1v) is 14.7. The summed E-state index contributed by atoms with van der Waals surface area (Å²) < 4.78 is 25.7. The monoisotopic (exact) mass is 585 g/mol. The van der Waals surface area contributed by atoms with Crippen LogP contribution in [0.15, 0.2) is 44.7 Å². The van der Waals surface area contributed by atoms with Crippen molar-refractivity contribution in [2.24, 2.45) is 10.7 Å². The van der Waals surface area contributed by atoms with Gasteiger partial charge in [0.2, 0.25) is 0 Å². The van der Waals surface area contributed by atoms with E-state index in [0.717, 1.165) is 18.4 Å². The third-order valence-electron chi connectivity index (χ3n) is 6.60. The molecule has 2 unspecified atom stereocenters. The van der Waals surface area contributed by atoms with Gasteiger partial charge in [-0.15, -0.1) is 0 Å². The first-order chi connectivity index (χ1) is 19.1. The topological polar surface area (TPSA) is 149 Å². The molecule has 0 aliphatic carbocycles. The highest BCUT2D eigenvalue weighted by Crippen LogP contribution is 2.31. The summed E-state index contributed by atoms with van der Waals surface area (Å²) in [6, 6.07) is 6.53. The summed E-state index contributed by atoms with van der Waals surface area (Å²) in [4.78, 5) is 35.0. The van der Waals surface area contributed by atoms with Crippen molar-refractivity contribution >= 4 is 56.9 Å². The van der Waals surface area contributed by atoms with Gasteiger partial charge in [0.25, 0.3) is 5.91 Å². The molecular formula is C28H32ClN5O5S. The minimum absolute atomic E-state index is 0.0119. The van der Waals surface area contributed by atoms with Gasteiger partial charge in [0, 0.05) is 43.0 Å². The van der Waals surface area contributed by atoms with Crippen LogP contribution in [0.25, 0.3) is 16.5 Å². The van der Waals surface area contributed by atoms with Gasteiger partial charge in [-0.25, -0.2) is 9.19 Å². The maximum atomic E-state index is 13.5. The predicted octanol–water partition coefficient (Wildman–Crippen LogP) is 4.20. The predicted molar refractivity (Wildman–Crippen MR) is 159 cm³/mol. The van der Waals surface area contributed by atoms with Crippen molar-refractivity contribution in [1.29, 1.82) is 0 Å². The fourth-order valence-electron chi connectivity index (χ4n) is 4.58. The lowest BCUT2D eigenvalue weighted by molar-refractivity contribution is 0.0872. The standard InChI is InChI=1S/C28H32ClN5O5S/c1-15-11-20(17(3)32-22-5-6-23(29)33-24(22)28(36)34-40(4)37)27-21(12-15)25(35)16(2)26(39-27)18(13-30)14-31-19-7-9-38-10-8-19/h5-6,11-14,17,19,32H,7-10,30H2,1-4H3,(H,34,36)/b18-13+,31-14?. The van der Waals surface area contributed by atoms with Gasteiger partial charge < -0.3 is 20.2 Å². The van der Waals surface area contributed by atoms with Crippen molar-refractivity contribution < 1.29 is 18.2 Å². The van der Waals surface area contributed by atoms with Crippen LogP contribution in [0.1, 0.15) is 58.7 Å². The van der Waals surface area contributed by atoms with Crippen LogP contribution in [-0.2, 0) is 15.7 Å². The number of allylic oxidation sites excluding steroid dienone is 1. The van der Waals surface area contributed by atoms with Crippen LogP contribution in [0, 0.1) is 13.8 Å². The van der Waals surface area contributed by atoms with E-state index in [1.807, 2.05) is 19.9 Å². The number of halogens is 1. The lowest BCUT2D eigenvalue weighted by Gasteiger charge is -2.20. The first-order valence-electron chi connectivity index (χ1n) is 12.8. The maximum absolute atomic E-state index is 13.5. The normalized spacial score (nSPS) is 16.3. The molecule has 12 heteroatoms. The molecule has 1 aromatic carbocycles. The summed E-state index contributed by atoms with van der Waals surface area (Å²) in [6.07, 6.45) is 6.02. The van der Waals surface area contributed by atoms with Crippen LogP contribution in [-0.4, -0.2) is 46.8 Å². The second-order valence-electron chi connectivity index (χ2n) is 9.64. The summed E-state index contributed by atoms with van der Waals surface area (Å²) in [7, 11) is -1.59. The van der Waals surface area contributed by atoms with E-state index in [1.165, 1.54) is 12.5 Å². The number of hydrogen-bond acceptors (Lipinski definition) is 9. The molecule has 0 radical (unpaired) electrons. The third-order valence-corrected chi connectivity index (χ3v) is 7.28. The summed E-state index contributed by atoms with van der Waals surface area (Å²) in [5.74, 6) is -0.301. The lowest BCUT2D eigenvalue weighted by Crippen LogP contribution is -2.27. The summed E-state index contributed by atoms with van der Waals surface area (Å²) >= 11 is 6.04. The number of pyridine rings is 1. The average Bonchev–Trinajstić information content (AvgIpc) is 2.92. The fraction of sp³-hybridized carbons (Fsp3) is 0.357. The Kier molecular flexibility index (Phi) is 9.39. The Labute approximate surface area is 239 Å². The van der Waals surface area contributed by atoms with Gasteiger partial charge in [-0.2, -0.15) is 0 Å². The smallest absolute Gasteiger partial charge is 0.283 e. The van der Waals surface area contributed by atoms with Crippen molar-refractivity contribution in [3.05, 3.63) is 74.0 Å².